The van der Waals surface area contributed by atoms with Gasteiger partial charge in [-0.2, -0.15) is 0 Å². The van der Waals surface area contributed by atoms with Gasteiger partial charge in [0.25, 0.3) is 0 Å². The van der Waals surface area contributed by atoms with Crippen molar-refractivity contribution in [3.63, 3.8) is 0 Å². The predicted octanol–water partition coefficient (Wildman–Crippen LogP) is 17.0. The molecule has 0 N–H and O–H groups in total. The molecule has 1 aliphatic rings. The summed E-state index contributed by atoms with van der Waals surface area (Å²) in [4.78, 5) is 0. The monoisotopic (exact) mass is 762 g/mol. The molecule has 0 unspecified atom stereocenters. The Balaban J connectivity index is 0.950. The summed E-state index contributed by atoms with van der Waals surface area (Å²) in [5.41, 5.74) is 15.3. The first-order valence-electron chi connectivity index (χ1n) is 20.4. The molecule has 272 valence electrons. The van der Waals surface area contributed by atoms with Gasteiger partial charge in [0.2, 0.25) is 0 Å². The van der Waals surface area contributed by atoms with Crippen LogP contribution in [0.3, 0.4) is 0 Å². The van der Waals surface area contributed by atoms with E-state index in [0.29, 0.717) is 0 Å². The number of hydrogen-bond acceptors (Lipinski definition) is 1. The van der Waals surface area contributed by atoms with Crippen molar-refractivity contribution in [2.45, 2.75) is 0 Å². The third-order valence-corrected chi connectivity index (χ3v) is 13.9. The molecule has 1 heteroatoms. The normalized spacial score (nSPS) is 12.1. The average Bonchev–Trinajstić information content (AvgIpc) is 3.85. The van der Waals surface area contributed by atoms with Crippen molar-refractivity contribution in [1.29, 1.82) is 0 Å². The average molecular weight is 763 g/mol. The maximum Gasteiger partial charge on any atom is 0.0361 e. The van der Waals surface area contributed by atoms with Gasteiger partial charge in [-0.25, -0.2) is 0 Å². The van der Waals surface area contributed by atoms with Gasteiger partial charge >= 0.3 is 0 Å². The smallest absolute Gasteiger partial charge is 0.0361 e. The molecule has 0 fully saturated rings. The Hall–Kier alpha value is -7.32. The quantitative estimate of drug-likeness (QED) is 0.157. The van der Waals surface area contributed by atoms with Gasteiger partial charge in [0, 0.05) is 20.2 Å². The number of benzene rings is 11. The Morgan fingerprint density at radius 3 is 1.42 bits per heavy atom. The van der Waals surface area contributed by atoms with Crippen molar-refractivity contribution in [2.75, 3.05) is 0 Å². The van der Waals surface area contributed by atoms with E-state index in [1.807, 2.05) is 11.3 Å². The maximum atomic E-state index is 2.43. The van der Waals surface area contributed by atoms with E-state index in [4.69, 9.17) is 0 Å². The molecule has 0 bridgehead atoms. The zero-order valence-corrected chi connectivity index (χ0v) is 32.9. The van der Waals surface area contributed by atoms with Crippen LogP contribution in [0, 0.1) is 0 Å². The first-order valence-corrected chi connectivity index (χ1v) is 21.2. The van der Waals surface area contributed by atoms with Gasteiger partial charge in [0.05, 0.1) is 0 Å². The summed E-state index contributed by atoms with van der Waals surface area (Å²) in [6.45, 7) is 0. The zero-order valence-electron chi connectivity index (χ0n) is 32.0. The first-order chi connectivity index (χ1) is 29.3. The number of thiophene rings is 1. The highest BCUT2D eigenvalue weighted by atomic mass is 32.1. The number of rotatable bonds is 4. The van der Waals surface area contributed by atoms with Gasteiger partial charge in [-0.05, 0) is 122 Å². The summed E-state index contributed by atoms with van der Waals surface area (Å²) in [7, 11) is 0. The molecular formula is C58H34S. The SMILES string of the molecule is c1ccc(-c2ccc3c4c(cccc24)-c2ccccc2-3)c(-c2ccc(-c3c4ccccc4c(-c4ccc5c(c4)sc4ccc6ccccc6c45)c4ccccc34)cc2)c1. The second-order valence-corrected chi connectivity index (χ2v) is 17.0. The van der Waals surface area contributed by atoms with Crippen LogP contribution in [-0.2, 0) is 0 Å². The van der Waals surface area contributed by atoms with Crippen LogP contribution < -0.4 is 0 Å². The van der Waals surface area contributed by atoms with E-state index in [-0.39, 0.29) is 0 Å². The Labute approximate surface area is 345 Å². The lowest BCUT2D eigenvalue weighted by Gasteiger charge is -2.18. The highest BCUT2D eigenvalue weighted by molar-refractivity contribution is 7.26. The Kier molecular flexibility index (Phi) is 6.98. The molecule has 0 nitrogen and oxygen atoms in total. The molecule has 11 aromatic carbocycles. The summed E-state index contributed by atoms with van der Waals surface area (Å²) >= 11 is 1.90. The van der Waals surface area contributed by atoms with Crippen molar-refractivity contribution < 1.29 is 0 Å². The molecule has 0 spiro atoms. The number of hydrogen-bond donors (Lipinski definition) is 0. The van der Waals surface area contributed by atoms with Crippen LogP contribution in [-0.4, -0.2) is 0 Å². The summed E-state index contributed by atoms with van der Waals surface area (Å²) in [6, 6.07) is 76.9. The van der Waals surface area contributed by atoms with E-state index in [9.17, 15) is 0 Å². The van der Waals surface area contributed by atoms with E-state index in [1.165, 1.54) is 130 Å². The summed E-state index contributed by atoms with van der Waals surface area (Å²) in [5.74, 6) is 0. The highest BCUT2D eigenvalue weighted by Gasteiger charge is 2.23. The van der Waals surface area contributed by atoms with Gasteiger partial charge in [0.1, 0.15) is 0 Å². The fraction of sp³-hybridized carbons (Fsp3) is 0. The minimum Gasteiger partial charge on any atom is -0.135 e. The van der Waals surface area contributed by atoms with Gasteiger partial charge in [0.15, 0.2) is 0 Å². The topological polar surface area (TPSA) is 0 Å². The molecule has 59 heavy (non-hydrogen) atoms. The van der Waals surface area contributed by atoms with E-state index >= 15 is 0 Å². The molecule has 0 saturated heterocycles. The van der Waals surface area contributed by atoms with Crippen molar-refractivity contribution in [3.8, 4) is 66.8 Å². The van der Waals surface area contributed by atoms with E-state index in [0.717, 1.165) is 0 Å². The van der Waals surface area contributed by atoms with Gasteiger partial charge < -0.3 is 0 Å². The van der Waals surface area contributed by atoms with Gasteiger partial charge in [-0.3, -0.25) is 0 Å². The molecule has 0 radical (unpaired) electrons. The Bertz CT molecular complexity index is 3630. The maximum absolute atomic E-state index is 2.43. The summed E-state index contributed by atoms with van der Waals surface area (Å²) in [6.07, 6.45) is 0. The molecular weight excluding hydrogens is 729 g/mol. The highest BCUT2D eigenvalue weighted by Crippen LogP contribution is 2.51. The molecule has 1 aliphatic carbocycles. The fourth-order valence-corrected chi connectivity index (χ4v) is 11.4. The largest absolute Gasteiger partial charge is 0.135 e. The molecule has 0 atom stereocenters. The summed E-state index contributed by atoms with van der Waals surface area (Å²) < 4.78 is 2.66. The van der Waals surface area contributed by atoms with E-state index in [1.54, 1.807) is 0 Å². The van der Waals surface area contributed by atoms with Gasteiger partial charge in [-0.15, -0.1) is 11.3 Å². The van der Waals surface area contributed by atoms with Crippen LogP contribution in [0.5, 0.6) is 0 Å². The van der Waals surface area contributed by atoms with Crippen molar-refractivity contribution in [2.24, 2.45) is 0 Å². The van der Waals surface area contributed by atoms with Crippen LogP contribution in [0.4, 0.5) is 0 Å². The lowest BCUT2D eigenvalue weighted by atomic mass is 9.85. The predicted molar refractivity (Wildman–Crippen MR) is 256 cm³/mol. The fourth-order valence-electron chi connectivity index (χ4n) is 10.3. The van der Waals surface area contributed by atoms with Crippen LogP contribution in [0.1, 0.15) is 0 Å². The van der Waals surface area contributed by atoms with Crippen molar-refractivity contribution in [3.05, 3.63) is 206 Å². The number of fused-ring (bicyclic) bond motifs is 10. The van der Waals surface area contributed by atoms with Crippen molar-refractivity contribution >= 4 is 74.6 Å². The van der Waals surface area contributed by atoms with Crippen LogP contribution in [0.2, 0.25) is 0 Å². The molecule has 1 aromatic heterocycles. The molecule has 13 rings (SSSR count). The lowest BCUT2D eigenvalue weighted by molar-refractivity contribution is 1.59. The lowest BCUT2D eigenvalue weighted by Crippen LogP contribution is -1.91. The Morgan fingerprint density at radius 2 is 0.729 bits per heavy atom. The van der Waals surface area contributed by atoms with Crippen LogP contribution in [0.15, 0.2) is 206 Å². The second-order valence-electron chi connectivity index (χ2n) is 15.9. The molecule has 12 aromatic rings. The van der Waals surface area contributed by atoms with E-state index < -0.39 is 0 Å². The standard InChI is InChI=1S/C58H34S/c1-2-14-40-35(12-1)29-33-53-58(40)52-30-28-38(34-54(52)59-53)56-49-20-9-7-18-47(49)55(48-19-8-10-21-50(48)56)37-26-24-36(25-27-37)39-13-3-4-15-41(39)44-31-32-51-43-17-6-5-16-42(43)45-22-11-23-46(44)57(45)51/h1-34H. The first kappa shape index (κ1) is 32.7. The molecule has 0 saturated carbocycles. The second kappa shape index (κ2) is 12.6. The molecule has 0 aliphatic heterocycles. The molecule has 1 heterocycles. The minimum atomic E-state index is 1.21. The van der Waals surface area contributed by atoms with E-state index in [2.05, 4.69) is 206 Å². The van der Waals surface area contributed by atoms with Crippen LogP contribution in [0.25, 0.3) is 130 Å². The summed E-state index contributed by atoms with van der Waals surface area (Å²) in [5, 5.41) is 13.1. The van der Waals surface area contributed by atoms with Gasteiger partial charge in [-0.1, -0.05) is 194 Å². The third-order valence-electron chi connectivity index (χ3n) is 12.8. The Morgan fingerprint density at radius 1 is 0.237 bits per heavy atom. The van der Waals surface area contributed by atoms with Crippen LogP contribution >= 0.6 is 11.3 Å². The minimum absolute atomic E-state index is 1.21. The van der Waals surface area contributed by atoms with Crippen molar-refractivity contribution in [1.82, 2.24) is 0 Å². The molecule has 0 amide bonds. The third kappa shape index (κ3) is 4.77. The zero-order chi connectivity index (χ0) is 38.6.